The summed E-state index contributed by atoms with van der Waals surface area (Å²) in [6.45, 7) is 2.86. The van der Waals surface area contributed by atoms with Gasteiger partial charge in [0.2, 0.25) is 0 Å². The number of hydroxylamine groups is 1. The Balaban J connectivity index is 1.72. The number of ether oxygens (including phenoxy) is 1. The smallest absolute Gasteiger partial charge is 0.274 e. The van der Waals surface area contributed by atoms with Crippen LogP contribution in [0.4, 0.5) is 0 Å². The van der Waals surface area contributed by atoms with Crippen molar-refractivity contribution in [2.75, 3.05) is 13.2 Å². The van der Waals surface area contributed by atoms with Gasteiger partial charge in [-0.25, -0.2) is 5.48 Å². The first-order valence-corrected chi connectivity index (χ1v) is 8.32. The molecule has 0 spiro atoms. The van der Waals surface area contributed by atoms with Gasteiger partial charge in [-0.1, -0.05) is 24.3 Å². The molecule has 0 heterocycles. The van der Waals surface area contributed by atoms with Crippen LogP contribution in [0.5, 0.6) is 5.75 Å². The summed E-state index contributed by atoms with van der Waals surface area (Å²) in [6, 6.07) is 13.8. The van der Waals surface area contributed by atoms with Gasteiger partial charge in [0.1, 0.15) is 5.75 Å². The summed E-state index contributed by atoms with van der Waals surface area (Å²) < 4.78 is 5.56. The molecule has 0 aliphatic rings. The Morgan fingerprint density at radius 2 is 1.85 bits per heavy atom. The fraction of sp³-hybridized carbons (Fsp3) is 0.200. The zero-order valence-electron chi connectivity index (χ0n) is 14.6. The number of benzene rings is 2. The predicted molar refractivity (Wildman–Crippen MR) is 99.3 cm³/mol. The summed E-state index contributed by atoms with van der Waals surface area (Å²) >= 11 is 0. The standard InChI is InChI=1S/C20H22N2O4/c1-2-5-15-6-3-7-17(14-15)19(23)21-12-4-13-26-18-10-8-16(9-11-18)20(24)22-25/h2-3,5-11,14,25H,4,12-13H2,1H3,(H,21,23)(H,22,24). The molecule has 0 radical (unpaired) electrons. The monoisotopic (exact) mass is 354 g/mol. The van der Waals surface area contributed by atoms with Crippen LogP contribution in [0.1, 0.15) is 39.6 Å². The van der Waals surface area contributed by atoms with Crippen molar-refractivity contribution in [2.45, 2.75) is 13.3 Å². The molecule has 0 saturated carbocycles. The summed E-state index contributed by atoms with van der Waals surface area (Å²) in [4.78, 5) is 23.3. The van der Waals surface area contributed by atoms with E-state index in [0.717, 1.165) is 5.56 Å². The van der Waals surface area contributed by atoms with Crippen LogP contribution in [0, 0.1) is 0 Å². The lowest BCUT2D eigenvalue weighted by Gasteiger charge is -2.08. The summed E-state index contributed by atoms with van der Waals surface area (Å²) in [5, 5.41) is 11.4. The van der Waals surface area contributed by atoms with Gasteiger partial charge in [-0.15, -0.1) is 0 Å². The second kappa shape index (κ2) is 10.0. The van der Waals surface area contributed by atoms with Crippen LogP contribution in [0.3, 0.4) is 0 Å². The number of nitrogens with one attached hydrogen (secondary N) is 2. The molecule has 0 aliphatic heterocycles. The first kappa shape index (κ1) is 19.2. The quantitative estimate of drug-likeness (QED) is 0.386. The molecule has 3 N–H and O–H groups in total. The fourth-order valence-electron chi connectivity index (χ4n) is 2.31. The minimum Gasteiger partial charge on any atom is -0.494 e. The van der Waals surface area contributed by atoms with Crippen molar-refractivity contribution in [3.05, 3.63) is 71.3 Å². The maximum atomic E-state index is 12.1. The number of rotatable bonds is 8. The van der Waals surface area contributed by atoms with E-state index >= 15 is 0 Å². The van der Waals surface area contributed by atoms with Gasteiger partial charge in [-0.2, -0.15) is 0 Å². The average molecular weight is 354 g/mol. The van der Waals surface area contributed by atoms with Crippen molar-refractivity contribution in [3.63, 3.8) is 0 Å². The number of hydrogen-bond donors (Lipinski definition) is 3. The van der Waals surface area contributed by atoms with Crippen LogP contribution < -0.4 is 15.5 Å². The molecule has 2 aromatic carbocycles. The minimum absolute atomic E-state index is 0.115. The Hall–Kier alpha value is -3.12. The van der Waals surface area contributed by atoms with E-state index in [9.17, 15) is 9.59 Å². The number of carbonyl (C=O) groups is 2. The second-order valence-corrected chi connectivity index (χ2v) is 5.55. The Morgan fingerprint density at radius 1 is 1.08 bits per heavy atom. The van der Waals surface area contributed by atoms with Crippen LogP contribution in [-0.2, 0) is 0 Å². The van der Waals surface area contributed by atoms with Crippen molar-refractivity contribution in [1.82, 2.24) is 10.8 Å². The Morgan fingerprint density at radius 3 is 2.54 bits per heavy atom. The van der Waals surface area contributed by atoms with Gasteiger partial charge < -0.3 is 10.1 Å². The predicted octanol–water partition coefficient (Wildman–Crippen LogP) is 3.04. The van der Waals surface area contributed by atoms with E-state index in [1.54, 1.807) is 35.8 Å². The lowest BCUT2D eigenvalue weighted by molar-refractivity contribution is 0.0706. The number of amides is 2. The van der Waals surface area contributed by atoms with E-state index in [-0.39, 0.29) is 5.91 Å². The van der Waals surface area contributed by atoms with Crippen LogP contribution in [0.15, 0.2) is 54.6 Å². The van der Waals surface area contributed by atoms with Crippen LogP contribution >= 0.6 is 0 Å². The summed E-state index contributed by atoms with van der Waals surface area (Å²) in [5.41, 5.74) is 3.52. The molecule has 0 atom stereocenters. The summed E-state index contributed by atoms with van der Waals surface area (Å²) in [7, 11) is 0. The molecule has 0 aromatic heterocycles. The topological polar surface area (TPSA) is 87.7 Å². The molecule has 26 heavy (non-hydrogen) atoms. The molecule has 6 heteroatoms. The highest BCUT2D eigenvalue weighted by molar-refractivity contribution is 5.94. The lowest BCUT2D eigenvalue weighted by atomic mass is 10.1. The normalized spacial score (nSPS) is 10.5. The molecular weight excluding hydrogens is 332 g/mol. The molecule has 0 unspecified atom stereocenters. The third kappa shape index (κ3) is 5.75. The molecular formula is C20H22N2O4. The molecule has 2 aromatic rings. The molecule has 0 bridgehead atoms. The zero-order valence-corrected chi connectivity index (χ0v) is 14.6. The Labute approximate surface area is 152 Å². The zero-order chi connectivity index (χ0) is 18.8. The van der Waals surface area contributed by atoms with Gasteiger partial charge in [0.05, 0.1) is 6.61 Å². The summed E-state index contributed by atoms with van der Waals surface area (Å²) in [6.07, 6.45) is 4.52. The molecule has 2 amide bonds. The average Bonchev–Trinajstić information content (AvgIpc) is 2.68. The third-order valence-electron chi connectivity index (χ3n) is 3.60. The third-order valence-corrected chi connectivity index (χ3v) is 3.60. The van der Waals surface area contributed by atoms with Crippen LogP contribution in [0.2, 0.25) is 0 Å². The van der Waals surface area contributed by atoms with Gasteiger partial charge in [0, 0.05) is 17.7 Å². The van der Waals surface area contributed by atoms with E-state index in [0.29, 0.717) is 36.4 Å². The number of allylic oxidation sites excluding steroid dienone is 1. The highest BCUT2D eigenvalue weighted by Crippen LogP contribution is 2.12. The second-order valence-electron chi connectivity index (χ2n) is 5.55. The first-order valence-electron chi connectivity index (χ1n) is 8.32. The van der Waals surface area contributed by atoms with Crippen molar-refractivity contribution in [3.8, 4) is 5.75 Å². The van der Waals surface area contributed by atoms with Gasteiger partial charge >= 0.3 is 0 Å². The van der Waals surface area contributed by atoms with E-state index in [1.807, 2.05) is 37.3 Å². The van der Waals surface area contributed by atoms with Crippen molar-refractivity contribution in [2.24, 2.45) is 0 Å². The van der Waals surface area contributed by atoms with E-state index in [1.165, 1.54) is 0 Å². The highest BCUT2D eigenvalue weighted by Gasteiger charge is 2.05. The van der Waals surface area contributed by atoms with E-state index < -0.39 is 5.91 Å². The molecule has 0 aliphatic carbocycles. The van der Waals surface area contributed by atoms with Gasteiger partial charge in [0.15, 0.2) is 0 Å². The van der Waals surface area contributed by atoms with Crippen LogP contribution in [0.25, 0.3) is 6.08 Å². The molecule has 136 valence electrons. The largest absolute Gasteiger partial charge is 0.494 e. The SMILES string of the molecule is CC=Cc1cccc(C(=O)NCCCOc2ccc(C(=O)NO)cc2)c1. The van der Waals surface area contributed by atoms with E-state index in [4.69, 9.17) is 9.94 Å². The molecule has 0 fully saturated rings. The maximum absolute atomic E-state index is 12.1. The number of carbonyl (C=O) groups excluding carboxylic acids is 2. The molecule has 0 saturated heterocycles. The Bertz CT molecular complexity index is 770. The number of hydrogen-bond acceptors (Lipinski definition) is 4. The van der Waals surface area contributed by atoms with Gasteiger partial charge in [-0.3, -0.25) is 14.8 Å². The minimum atomic E-state index is -0.572. The van der Waals surface area contributed by atoms with Gasteiger partial charge in [-0.05, 0) is 55.3 Å². The molecule has 6 nitrogen and oxygen atoms in total. The summed E-state index contributed by atoms with van der Waals surface area (Å²) in [5.74, 6) is -0.0710. The van der Waals surface area contributed by atoms with Crippen molar-refractivity contribution >= 4 is 17.9 Å². The van der Waals surface area contributed by atoms with Crippen LogP contribution in [-0.4, -0.2) is 30.2 Å². The lowest BCUT2D eigenvalue weighted by Crippen LogP contribution is -2.25. The highest BCUT2D eigenvalue weighted by atomic mass is 16.5. The molecule has 2 rings (SSSR count). The maximum Gasteiger partial charge on any atom is 0.274 e. The van der Waals surface area contributed by atoms with Crippen molar-refractivity contribution < 1.29 is 19.5 Å². The Kier molecular flexibility index (Phi) is 7.39. The fourth-order valence-corrected chi connectivity index (χ4v) is 2.31. The van der Waals surface area contributed by atoms with Gasteiger partial charge in [0.25, 0.3) is 11.8 Å². The van der Waals surface area contributed by atoms with E-state index in [2.05, 4.69) is 5.32 Å². The van der Waals surface area contributed by atoms with Crippen molar-refractivity contribution in [1.29, 1.82) is 0 Å². The first-order chi connectivity index (χ1) is 12.6.